The first-order chi connectivity index (χ1) is 5.22. The maximum absolute atomic E-state index is 10.6. The van der Waals surface area contributed by atoms with Crippen LogP contribution in [0.2, 0.25) is 0 Å². The van der Waals surface area contributed by atoms with Gasteiger partial charge in [0.25, 0.3) is 0 Å². The molecule has 70 valence electrons. The molecule has 0 atom stereocenters. The number of carboxylic acid groups (broad SMARTS) is 1. The quantitative estimate of drug-likeness (QED) is 0.589. The van der Waals surface area contributed by atoms with Gasteiger partial charge >= 0.3 is 6.09 Å². The Morgan fingerprint density at radius 2 is 2.17 bits per heavy atom. The number of hydrogen-bond donors (Lipinski definition) is 2. The number of rotatable bonds is 0. The standard InChI is InChI=1S/C7H12N2O2.ClH/c10-6(11)9-4-3-8-7(5-9)1-2-7;/h8H,1-5H2,(H,10,11);1H. The molecule has 2 fully saturated rings. The fraction of sp³-hybridized carbons (Fsp3) is 0.857. The van der Waals surface area contributed by atoms with Crippen molar-refractivity contribution in [1.29, 1.82) is 0 Å². The van der Waals surface area contributed by atoms with Crippen molar-refractivity contribution in [3.05, 3.63) is 0 Å². The van der Waals surface area contributed by atoms with Crippen molar-refractivity contribution < 1.29 is 9.90 Å². The molecule has 0 radical (unpaired) electrons. The highest BCUT2D eigenvalue weighted by Crippen LogP contribution is 2.37. The number of nitrogens with one attached hydrogen (secondary N) is 1. The molecule has 2 aliphatic rings. The van der Waals surface area contributed by atoms with Gasteiger partial charge in [0.2, 0.25) is 0 Å². The van der Waals surface area contributed by atoms with Crippen LogP contribution in [0.4, 0.5) is 4.79 Å². The zero-order valence-corrected chi connectivity index (χ0v) is 7.56. The van der Waals surface area contributed by atoms with Crippen LogP contribution >= 0.6 is 12.4 Å². The Balaban J connectivity index is 0.000000720. The second kappa shape index (κ2) is 3.11. The Hall–Kier alpha value is -0.480. The summed E-state index contributed by atoms with van der Waals surface area (Å²) in [5, 5.41) is 12.0. The number of nitrogens with zero attached hydrogens (tertiary/aromatic N) is 1. The molecule has 1 spiro atoms. The smallest absolute Gasteiger partial charge is 0.407 e. The zero-order chi connectivity index (χ0) is 7.90. The van der Waals surface area contributed by atoms with Crippen molar-refractivity contribution in [2.45, 2.75) is 18.4 Å². The first-order valence-electron chi connectivity index (χ1n) is 3.95. The Bertz CT molecular complexity index is 194. The van der Waals surface area contributed by atoms with Crippen LogP contribution in [0.25, 0.3) is 0 Å². The summed E-state index contributed by atoms with van der Waals surface area (Å²) in [6, 6.07) is 0. The lowest BCUT2D eigenvalue weighted by molar-refractivity contribution is 0.125. The summed E-state index contributed by atoms with van der Waals surface area (Å²) in [7, 11) is 0. The van der Waals surface area contributed by atoms with E-state index in [4.69, 9.17) is 5.11 Å². The third-order valence-corrected chi connectivity index (χ3v) is 2.50. The molecule has 1 amide bonds. The largest absolute Gasteiger partial charge is 0.465 e. The fourth-order valence-corrected chi connectivity index (χ4v) is 1.61. The van der Waals surface area contributed by atoms with Crippen LogP contribution < -0.4 is 5.32 Å². The van der Waals surface area contributed by atoms with E-state index in [1.807, 2.05) is 0 Å². The van der Waals surface area contributed by atoms with Crippen LogP contribution in [0.15, 0.2) is 0 Å². The van der Waals surface area contributed by atoms with Crippen LogP contribution in [-0.2, 0) is 0 Å². The molecule has 2 N–H and O–H groups in total. The number of halogens is 1. The molecule has 0 unspecified atom stereocenters. The SMILES string of the molecule is Cl.O=C(O)N1CCNC2(CC2)C1. The molecule has 0 bridgehead atoms. The lowest BCUT2D eigenvalue weighted by Gasteiger charge is -2.31. The van der Waals surface area contributed by atoms with Crippen molar-refractivity contribution in [1.82, 2.24) is 10.2 Å². The van der Waals surface area contributed by atoms with E-state index in [0.717, 1.165) is 19.4 Å². The zero-order valence-electron chi connectivity index (χ0n) is 6.75. The summed E-state index contributed by atoms with van der Waals surface area (Å²) in [6.45, 7) is 2.13. The van der Waals surface area contributed by atoms with Gasteiger partial charge in [-0.2, -0.15) is 0 Å². The summed E-state index contributed by atoms with van der Waals surface area (Å²) in [4.78, 5) is 12.1. The molecule has 1 saturated carbocycles. The molecular formula is C7H13ClN2O2. The molecule has 1 heterocycles. The average Bonchev–Trinajstić information content (AvgIpc) is 2.69. The molecule has 5 heteroatoms. The Labute approximate surface area is 77.3 Å². The van der Waals surface area contributed by atoms with Gasteiger partial charge in [0.05, 0.1) is 0 Å². The molecular weight excluding hydrogens is 180 g/mol. The first-order valence-corrected chi connectivity index (χ1v) is 3.95. The van der Waals surface area contributed by atoms with Gasteiger partial charge in [0.15, 0.2) is 0 Å². The van der Waals surface area contributed by atoms with E-state index in [2.05, 4.69) is 5.32 Å². The average molecular weight is 193 g/mol. The van der Waals surface area contributed by atoms with Crippen LogP contribution in [0.5, 0.6) is 0 Å². The lowest BCUT2D eigenvalue weighted by Crippen LogP contribution is -2.53. The summed E-state index contributed by atoms with van der Waals surface area (Å²) in [5.41, 5.74) is 0.177. The van der Waals surface area contributed by atoms with Gasteiger partial charge in [0.1, 0.15) is 0 Å². The third kappa shape index (κ3) is 1.64. The van der Waals surface area contributed by atoms with Crippen molar-refractivity contribution in [2.24, 2.45) is 0 Å². The van der Waals surface area contributed by atoms with Crippen molar-refractivity contribution in [2.75, 3.05) is 19.6 Å². The van der Waals surface area contributed by atoms with E-state index in [-0.39, 0.29) is 17.9 Å². The van der Waals surface area contributed by atoms with E-state index in [9.17, 15) is 4.79 Å². The van der Waals surface area contributed by atoms with E-state index in [1.165, 1.54) is 4.90 Å². The summed E-state index contributed by atoms with van der Waals surface area (Å²) in [6.07, 6.45) is 1.49. The molecule has 0 aromatic heterocycles. The van der Waals surface area contributed by atoms with Crippen LogP contribution in [-0.4, -0.2) is 41.3 Å². The lowest BCUT2D eigenvalue weighted by atomic mass is 10.2. The Kier molecular flexibility index (Phi) is 2.49. The summed E-state index contributed by atoms with van der Waals surface area (Å²) >= 11 is 0. The van der Waals surface area contributed by atoms with Crippen molar-refractivity contribution in [3.8, 4) is 0 Å². The maximum Gasteiger partial charge on any atom is 0.407 e. The van der Waals surface area contributed by atoms with Crippen LogP contribution in [0, 0.1) is 0 Å². The number of carbonyl (C=O) groups is 1. The molecule has 0 aromatic carbocycles. The number of amides is 1. The van der Waals surface area contributed by atoms with Gasteiger partial charge in [-0.05, 0) is 12.8 Å². The van der Waals surface area contributed by atoms with Gasteiger partial charge in [-0.3, -0.25) is 0 Å². The normalized spacial score (nSPS) is 24.8. The molecule has 1 saturated heterocycles. The van der Waals surface area contributed by atoms with Crippen molar-refractivity contribution in [3.63, 3.8) is 0 Å². The second-order valence-electron chi connectivity index (χ2n) is 3.41. The number of hydrogen-bond acceptors (Lipinski definition) is 2. The predicted molar refractivity (Wildman–Crippen MR) is 46.8 cm³/mol. The predicted octanol–water partition coefficient (Wildman–Crippen LogP) is 0.524. The highest BCUT2D eigenvalue weighted by atomic mass is 35.5. The van der Waals surface area contributed by atoms with E-state index in [1.54, 1.807) is 0 Å². The van der Waals surface area contributed by atoms with Crippen LogP contribution in [0.1, 0.15) is 12.8 Å². The summed E-state index contributed by atoms with van der Waals surface area (Å²) in [5.74, 6) is 0. The van der Waals surface area contributed by atoms with Crippen LogP contribution in [0.3, 0.4) is 0 Å². The van der Waals surface area contributed by atoms with Crippen molar-refractivity contribution >= 4 is 18.5 Å². The first kappa shape index (κ1) is 9.61. The number of piperazine rings is 1. The van der Waals surface area contributed by atoms with Gasteiger partial charge in [-0.1, -0.05) is 0 Å². The van der Waals surface area contributed by atoms with Gasteiger partial charge < -0.3 is 15.3 Å². The maximum atomic E-state index is 10.6. The van der Waals surface area contributed by atoms with Gasteiger partial charge in [0, 0.05) is 25.2 Å². The van der Waals surface area contributed by atoms with Gasteiger partial charge in [-0.15, -0.1) is 12.4 Å². The minimum atomic E-state index is -0.780. The molecule has 4 nitrogen and oxygen atoms in total. The molecule has 1 aliphatic carbocycles. The fourth-order valence-electron chi connectivity index (χ4n) is 1.61. The van der Waals surface area contributed by atoms with Gasteiger partial charge in [-0.25, -0.2) is 4.79 Å². The monoisotopic (exact) mass is 192 g/mol. The van der Waals surface area contributed by atoms with E-state index < -0.39 is 6.09 Å². The second-order valence-corrected chi connectivity index (χ2v) is 3.41. The van der Waals surface area contributed by atoms with E-state index >= 15 is 0 Å². The minimum Gasteiger partial charge on any atom is -0.465 e. The molecule has 0 aromatic rings. The van der Waals surface area contributed by atoms with E-state index in [0.29, 0.717) is 13.1 Å². The third-order valence-electron chi connectivity index (χ3n) is 2.50. The molecule has 12 heavy (non-hydrogen) atoms. The molecule has 2 rings (SSSR count). The molecule has 1 aliphatic heterocycles. The minimum absolute atomic E-state index is 0. The topological polar surface area (TPSA) is 52.6 Å². The highest BCUT2D eigenvalue weighted by molar-refractivity contribution is 5.85. The summed E-state index contributed by atoms with van der Waals surface area (Å²) < 4.78 is 0. The highest BCUT2D eigenvalue weighted by Gasteiger charge is 2.46. The Morgan fingerprint density at radius 3 is 2.67 bits per heavy atom. The Morgan fingerprint density at radius 1 is 1.50 bits per heavy atom.